The van der Waals surface area contributed by atoms with Crippen LogP contribution in [0.4, 0.5) is 0 Å². The third-order valence-corrected chi connectivity index (χ3v) is 4.67. The molecule has 1 aromatic carbocycles. The molecule has 0 aliphatic heterocycles. The second-order valence-corrected chi connectivity index (χ2v) is 6.17. The van der Waals surface area contributed by atoms with Crippen LogP contribution in [0.25, 0.3) is 0 Å². The van der Waals surface area contributed by atoms with E-state index in [9.17, 15) is 0 Å². The molecule has 0 bridgehead atoms. The Labute approximate surface area is 119 Å². The summed E-state index contributed by atoms with van der Waals surface area (Å²) >= 11 is 1.97. The van der Waals surface area contributed by atoms with Crippen molar-refractivity contribution >= 4 is 24.3 Å². The van der Waals surface area contributed by atoms with E-state index < -0.39 is 7.12 Å². The molecule has 0 radical (unpaired) electrons. The van der Waals surface area contributed by atoms with Crippen LogP contribution in [-0.4, -0.2) is 35.3 Å². The van der Waals surface area contributed by atoms with Gasteiger partial charge in [-0.05, 0) is 42.1 Å². The summed E-state index contributed by atoms with van der Waals surface area (Å²) in [6.07, 6.45) is 5.62. The van der Waals surface area contributed by atoms with Gasteiger partial charge in [-0.3, -0.25) is 0 Å². The largest absolute Gasteiger partial charge is 0.493 e. The number of ether oxygens (including phenoxy) is 1. The summed E-state index contributed by atoms with van der Waals surface area (Å²) in [6.45, 7) is 0.707. The zero-order chi connectivity index (χ0) is 13.5. The normalized spacial score (nSPS) is 15.7. The Morgan fingerprint density at radius 1 is 1.16 bits per heavy atom. The Bertz CT molecular complexity index is 363. The minimum absolute atomic E-state index is 0.489. The van der Waals surface area contributed by atoms with Gasteiger partial charge in [-0.15, -0.1) is 0 Å². The van der Waals surface area contributed by atoms with Crippen LogP contribution in [0.5, 0.6) is 5.75 Å². The highest BCUT2D eigenvalue weighted by Gasteiger charge is 2.14. The van der Waals surface area contributed by atoms with Gasteiger partial charge in [-0.1, -0.05) is 25.0 Å². The number of thioether (sulfide) groups is 1. The monoisotopic (exact) mass is 280 g/mol. The van der Waals surface area contributed by atoms with E-state index in [0.717, 1.165) is 17.4 Å². The minimum atomic E-state index is -1.41. The summed E-state index contributed by atoms with van der Waals surface area (Å²) in [5.74, 6) is 3.99. The maximum Gasteiger partial charge on any atom is 0.488 e. The number of hydrogen-bond donors (Lipinski definition) is 2. The van der Waals surface area contributed by atoms with E-state index in [0.29, 0.717) is 12.1 Å². The molecule has 1 aromatic rings. The van der Waals surface area contributed by atoms with E-state index in [2.05, 4.69) is 0 Å². The first-order valence-electron chi connectivity index (χ1n) is 6.92. The summed E-state index contributed by atoms with van der Waals surface area (Å²) in [6, 6.07) is 6.89. The number of rotatable bonds is 7. The summed E-state index contributed by atoms with van der Waals surface area (Å²) in [5.41, 5.74) is 0.489. The van der Waals surface area contributed by atoms with Crippen molar-refractivity contribution in [2.75, 3.05) is 18.1 Å². The van der Waals surface area contributed by atoms with Gasteiger partial charge in [0.05, 0.1) is 6.61 Å². The van der Waals surface area contributed by atoms with E-state index in [1.54, 1.807) is 24.3 Å². The predicted molar refractivity (Wildman–Crippen MR) is 81.0 cm³/mol. The number of hydrogen-bond acceptors (Lipinski definition) is 4. The van der Waals surface area contributed by atoms with Crippen LogP contribution in [0.3, 0.4) is 0 Å². The van der Waals surface area contributed by atoms with Gasteiger partial charge in [-0.25, -0.2) is 0 Å². The Kier molecular flexibility index (Phi) is 6.08. The van der Waals surface area contributed by atoms with Gasteiger partial charge >= 0.3 is 7.12 Å². The molecule has 1 saturated carbocycles. The van der Waals surface area contributed by atoms with Gasteiger partial charge in [0, 0.05) is 5.75 Å². The zero-order valence-corrected chi connectivity index (χ0v) is 11.9. The molecule has 0 atom stereocenters. The maximum atomic E-state index is 8.98. The second-order valence-electron chi connectivity index (χ2n) is 5.02. The molecule has 0 aromatic heterocycles. The molecule has 5 heteroatoms. The average Bonchev–Trinajstić information content (AvgIpc) is 2.92. The first-order chi connectivity index (χ1) is 9.25. The summed E-state index contributed by atoms with van der Waals surface area (Å²) in [7, 11) is -1.41. The van der Waals surface area contributed by atoms with Crippen LogP contribution in [0, 0.1) is 5.92 Å². The predicted octanol–water partition coefficient (Wildman–Crippen LogP) is 1.67. The van der Waals surface area contributed by atoms with Crippen molar-refractivity contribution in [3.05, 3.63) is 24.3 Å². The van der Waals surface area contributed by atoms with Crippen molar-refractivity contribution in [1.29, 1.82) is 0 Å². The van der Waals surface area contributed by atoms with Gasteiger partial charge in [0.25, 0.3) is 0 Å². The smallest absolute Gasteiger partial charge is 0.488 e. The molecule has 0 spiro atoms. The first-order valence-corrected chi connectivity index (χ1v) is 8.08. The zero-order valence-electron chi connectivity index (χ0n) is 11.1. The van der Waals surface area contributed by atoms with Gasteiger partial charge in [0.1, 0.15) is 5.75 Å². The molecule has 104 valence electrons. The Balaban J connectivity index is 1.59. The molecule has 1 fully saturated rings. The molecule has 0 saturated heterocycles. The Morgan fingerprint density at radius 2 is 1.84 bits per heavy atom. The highest BCUT2D eigenvalue weighted by molar-refractivity contribution is 7.99. The van der Waals surface area contributed by atoms with Crippen LogP contribution in [-0.2, 0) is 0 Å². The molecule has 19 heavy (non-hydrogen) atoms. The molecule has 1 aliphatic carbocycles. The van der Waals surface area contributed by atoms with Crippen molar-refractivity contribution in [2.45, 2.75) is 25.7 Å². The van der Waals surface area contributed by atoms with E-state index in [1.165, 1.54) is 31.4 Å². The molecule has 0 unspecified atom stereocenters. The highest BCUT2D eigenvalue weighted by Crippen LogP contribution is 2.27. The lowest BCUT2D eigenvalue weighted by atomic mass is 9.80. The fourth-order valence-electron chi connectivity index (χ4n) is 2.38. The lowest BCUT2D eigenvalue weighted by Crippen LogP contribution is -2.29. The van der Waals surface area contributed by atoms with E-state index >= 15 is 0 Å². The van der Waals surface area contributed by atoms with Crippen LogP contribution in [0.15, 0.2) is 24.3 Å². The molecule has 2 N–H and O–H groups in total. The summed E-state index contributed by atoms with van der Waals surface area (Å²) in [5, 5.41) is 18.0. The summed E-state index contributed by atoms with van der Waals surface area (Å²) < 4.78 is 5.62. The van der Waals surface area contributed by atoms with Crippen molar-refractivity contribution < 1.29 is 14.8 Å². The van der Waals surface area contributed by atoms with Gasteiger partial charge in [0.2, 0.25) is 0 Å². The Hall–Kier alpha value is -0.645. The first kappa shape index (κ1) is 14.8. The highest BCUT2D eigenvalue weighted by atomic mass is 32.2. The summed E-state index contributed by atoms with van der Waals surface area (Å²) in [4.78, 5) is 0. The lowest BCUT2D eigenvalue weighted by molar-refractivity contribution is 0.344. The van der Waals surface area contributed by atoms with Crippen molar-refractivity contribution in [3.8, 4) is 5.75 Å². The standard InChI is InChI=1S/C14H21BO3S/c16-15(17)13-5-7-14(8-6-13)18-9-10-19-11-12-3-1-2-4-12/h5-8,12,16-17H,1-4,9-11H2. The van der Waals surface area contributed by atoms with Gasteiger partial charge < -0.3 is 14.8 Å². The van der Waals surface area contributed by atoms with Crippen LogP contribution in [0.1, 0.15) is 25.7 Å². The van der Waals surface area contributed by atoms with Crippen LogP contribution in [0.2, 0.25) is 0 Å². The maximum absolute atomic E-state index is 8.98. The molecule has 1 aliphatic rings. The number of benzene rings is 1. The third-order valence-electron chi connectivity index (χ3n) is 3.50. The third kappa shape index (κ3) is 5.09. The lowest BCUT2D eigenvalue weighted by Gasteiger charge is -2.09. The SMILES string of the molecule is OB(O)c1ccc(OCCSCC2CCCC2)cc1. The van der Waals surface area contributed by atoms with Crippen molar-refractivity contribution in [3.63, 3.8) is 0 Å². The van der Waals surface area contributed by atoms with Crippen molar-refractivity contribution in [2.24, 2.45) is 5.92 Å². The van der Waals surface area contributed by atoms with Gasteiger partial charge in [-0.2, -0.15) is 11.8 Å². The fourth-order valence-corrected chi connectivity index (χ4v) is 3.42. The fraction of sp³-hybridized carbons (Fsp3) is 0.571. The molecule has 2 rings (SSSR count). The molecular formula is C14H21BO3S. The van der Waals surface area contributed by atoms with Crippen LogP contribution >= 0.6 is 11.8 Å². The average molecular weight is 280 g/mol. The van der Waals surface area contributed by atoms with Gasteiger partial charge in [0.15, 0.2) is 0 Å². The Morgan fingerprint density at radius 3 is 2.47 bits per heavy atom. The molecule has 0 heterocycles. The van der Waals surface area contributed by atoms with Crippen molar-refractivity contribution in [1.82, 2.24) is 0 Å². The second kappa shape index (κ2) is 7.83. The van der Waals surface area contributed by atoms with E-state index in [-0.39, 0.29) is 0 Å². The molecular weight excluding hydrogens is 259 g/mol. The van der Waals surface area contributed by atoms with E-state index in [4.69, 9.17) is 14.8 Å². The minimum Gasteiger partial charge on any atom is -0.493 e. The quantitative estimate of drug-likeness (QED) is 0.589. The topological polar surface area (TPSA) is 49.7 Å². The molecule has 0 amide bonds. The van der Waals surface area contributed by atoms with Crippen LogP contribution < -0.4 is 10.2 Å². The van der Waals surface area contributed by atoms with E-state index in [1.807, 2.05) is 11.8 Å². The molecule has 3 nitrogen and oxygen atoms in total.